The molecule has 2 aliphatic rings. The Morgan fingerprint density at radius 2 is 0.757 bits per heavy atom. The molecule has 0 saturated heterocycles. The molecule has 0 aliphatic carbocycles. The monoisotopic (exact) mass is 659 g/mol. The molecular weight excluding hydrogens is 635 g/mol. The summed E-state index contributed by atoms with van der Waals surface area (Å²) < 4.78 is 3.96. The van der Waals surface area contributed by atoms with Gasteiger partial charge < -0.3 is 5.32 Å². The van der Waals surface area contributed by atoms with E-state index in [0.717, 1.165) is 22.7 Å². The Morgan fingerprint density at radius 3 is 1.19 bits per heavy atom. The van der Waals surface area contributed by atoms with Crippen LogP contribution in [-0.4, -0.2) is 15.2 Å². The summed E-state index contributed by atoms with van der Waals surface area (Å²) in [6.07, 6.45) is 4.00. The average molecular weight is 660 g/mol. The molecule has 0 saturated carbocycles. The molecule has 0 fully saturated rings. The van der Waals surface area contributed by atoms with E-state index < -0.39 is 0 Å². The minimum Gasteiger partial charge on any atom is -0.657 e. The first-order chi connectivity index (χ1) is 17.9. The first-order valence-electron chi connectivity index (χ1n) is 12.0. The maximum absolute atomic E-state index is 4.82. The van der Waals surface area contributed by atoms with Crippen molar-refractivity contribution >= 4 is 28.8 Å². The van der Waals surface area contributed by atoms with Crippen LogP contribution in [0.1, 0.15) is 0 Å². The fourth-order valence-electron chi connectivity index (χ4n) is 4.46. The van der Waals surface area contributed by atoms with E-state index in [1.807, 2.05) is 70.1 Å². The molecule has 2 aliphatic heterocycles. The number of hydrogen-bond donors (Lipinski definition) is 0. The number of nitrogens with zero attached hydrogens (tertiary/aromatic N) is 3. The number of rotatable bonds is 2. The molecule has 0 N–H and O–H groups in total. The zero-order valence-corrected chi connectivity index (χ0v) is 22.2. The average Bonchev–Trinajstić information content (AvgIpc) is 3.41. The van der Waals surface area contributed by atoms with Crippen LogP contribution in [0.2, 0.25) is 0 Å². The Morgan fingerprint density at radius 1 is 0.405 bits per heavy atom. The second-order valence-corrected chi connectivity index (χ2v) is 8.50. The molecule has 0 spiro atoms. The summed E-state index contributed by atoms with van der Waals surface area (Å²) in [5.74, 6) is 0. The topological polar surface area (TPSA) is 20.1 Å². The van der Waals surface area contributed by atoms with Crippen LogP contribution >= 0.6 is 0 Å². The van der Waals surface area contributed by atoms with Crippen LogP contribution in [0.5, 0.6) is 0 Å². The standard InChI is InChI=1S/C18H12N.C15H12N2.Au/c1-2-8-14-13(7-1)15-9-3-5-11-17(15)19-18-12-6-4-10-16(14)18;1-3-7-14(8-4-1)16-11-12-17(13-16)15-9-5-2-6-10-15;/h1-12H;1-12H;/q-1;+2;+1. The smallest absolute Gasteiger partial charge is 0.657 e. The van der Waals surface area contributed by atoms with Gasteiger partial charge in [-0.05, 0) is 22.3 Å². The van der Waals surface area contributed by atoms with Crippen molar-refractivity contribution in [3.63, 3.8) is 0 Å². The van der Waals surface area contributed by atoms with Crippen molar-refractivity contribution < 1.29 is 31.5 Å². The third-order valence-corrected chi connectivity index (χ3v) is 6.21. The molecule has 0 atom stereocenters. The fraction of sp³-hybridized carbons (Fsp3) is 0. The van der Waals surface area contributed by atoms with Gasteiger partial charge in [0.25, 0.3) is 12.4 Å². The van der Waals surface area contributed by atoms with Gasteiger partial charge in [0.1, 0.15) is 0 Å². The normalized spacial score (nSPS) is 12.1. The van der Waals surface area contributed by atoms with Gasteiger partial charge in [0, 0.05) is 24.3 Å². The summed E-state index contributed by atoms with van der Waals surface area (Å²) in [6.45, 7) is 0. The Hall–Kier alpha value is -4.24. The summed E-state index contributed by atoms with van der Waals surface area (Å²) in [6, 6.07) is 48.8. The van der Waals surface area contributed by atoms with Crippen LogP contribution in [0.25, 0.3) is 27.6 Å². The predicted octanol–water partition coefficient (Wildman–Crippen LogP) is 9.00. The molecule has 0 unspecified atom stereocenters. The third-order valence-electron chi connectivity index (χ3n) is 6.21. The van der Waals surface area contributed by atoms with E-state index in [2.05, 4.69) is 90.9 Å². The minimum absolute atomic E-state index is 0. The first-order valence-corrected chi connectivity index (χ1v) is 12.0. The van der Waals surface area contributed by atoms with Gasteiger partial charge in [0.05, 0.1) is 0 Å². The van der Waals surface area contributed by atoms with E-state index in [9.17, 15) is 0 Å². The van der Waals surface area contributed by atoms with Crippen LogP contribution in [-0.2, 0) is 22.4 Å². The number of benzene rings is 5. The van der Waals surface area contributed by atoms with Crippen LogP contribution in [0.4, 0.5) is 22.7 Å². The molecule has 0 amide bonds. The largest absolute Gasteiger partial charge is 1.00 e. The second kappa shape index (κ2) is 11.2. The molecule has 3 nitrogen and oxygen atoms in total. The third kappa shape index (κ3) is 5.17. The Balaban J connectivity index is 0.000000148. The van der Waals surface area contributed by atoms with E-state index in [1.165, 1.54) is 22.3 Å². The molecule has 5 aromatic rings. The van der Waals surface area contributed by atoms with Crippen molar-refractivity contribution in [2.75, 3.05) is 0 Å². The van der Waals surface area contributed by atoms with E-state index in [-0.39, 0.29) is 22.4 Å². The summed E-state index contributed by atoms with van der Waals surface area (Å²) in [4.78, 5) is 0. The summed E-state index contributed by atoms with van der Waals surface area (Å²) in [7, 11) is 0. The molecular formula is C33H24AuN3+2. The molecule has 37 heavy (non-hydrogen) atoms. The Bertz CT molecular complexity index is 1520. The number of hydrogen-bond acceptors (Lipinski definition) is 0. The van der Waals surface area contributed by atoms with E-state index >= 15 is 0 Å². The van der Waals surface area contributed by atoms with Crippen molar-refractivity contribution in [3.05, 3.63) is 151 Å². The van der Waals surface area contributed by atoms with Crippen LogP contribution in [0.15, 0.2) is 146 Å². The Labute approximate surface area is 232 Å². The van der Waals surface area contributed by atoms with Gasteiger partial charge in [-0.1, -0.05) is 118 Å². The predicted molar refractivity (Wildman–Crippen MR) is 147 cm³/mol. The molecule has 2 heterocycles. The van der Waals surface area contributed by atoms with Gasteiger partial charge in [-0.25, -0.2) is 0 Å². The van der Waals surface area contributed by atoms with Crippen LogP contribution in [0.3, 0.4) is 0 Å². The van der Waals surface area contributed by atoms with Gasteiger partial charge in [0.15, 0.2) is 0 Å². The fourth-order valence-corrected chi connectivity index (χ4v) is 4.46. The molecule has 0 radical (unpaired) electrons. The molecule has 0 aromatic heterocycles. The zero-order valence-electron chi connectivity index (χ0n) is 20.0. The van der Waals surface area contributed by atoms with Gasteiger partial charge in [0.2, 0.25) is 11.4 Å². The summed E-state index contributed by atoms with van der Waals surface area (Å²) >= 11 is 0. The van der Waals surface area contributed by atoms with E-state index in [0.29, 0.717) is 0 Å². The quantitative estimate of drug-likeness (QED) is 0.131. The van der Waals surface area contributed by atoms with E-state index in [1.54, 1.807) is 0 Å². The summed E-state index contributed by atoms with van der Waals surface area (Å²) in [5, 5.41) is 4.82. The van der Waals surface area contributed by atoms with Crippen molar-refractivity contribution in [2.45, 2.75) is 0 Å². The molecule has 4 heteroatoms. The second-order valence-electron chi connectivity index (χ2n) is 8.50. The maximum atomic E-state index is 4.82. The molecule has 0 bridgehead atoms. The Kier molecular flexibility index (Phi) is 7.41. The molecule has 7 rings (SSSR count). The molecule has 5 aromatic carbocycles. The molecule has 180 valence electrons. The van der Waals surface area contributed by atoms with Gasteiger partial charge >= 0.3 is 28.4 Å². The van der Waals surface area contributed by atoms with Crippen LogP contribution in [0, 0.1) is 0 Å². The maximum Gasteiger partial charge on any atom is 1.00 e. The summed E-state index contributed by atoms with van der Waals surface area (Å²) in [5.41, 5.74) is 9.23. The number of para-hydroxylation sites is 4. The van der Waals surface area contributed by atoms with Crippen molar-refractivity contribution in [1.29, 1.82) is 0 Å². The van der Waals surface area contributed by atoms with Gasteiger partial charge in [-0.3, -0.25) is 0 Å². The number of fused-ring (bicyclic) bond motifs is 5. The minimum atomic E-state index is 0. The van der Waals surface area contributed by atoms with E-state index in [4.69, 9.17) is 5.32 Å². The van der Waals surface area contributed by atoms with Crippen molar-refractivity contribution in [1.82, 2.24) is 0 Å². The zero-order chi connectivity index (χ0) is 24.2. The van der Waals surface area contributed by atoms with Gasteiger partial charge in [-0.15, -0.1) is 11.4 Å². The van der Waals surface area contributed by atoms with Crippen molar-refractivity contribution in [2.24, 2.45) is 0 Å². The SMILES string of the molecule is C1=[N+](c2ccccc2)C=C[N+]=1c1ccccc1.[Au+].c1ccc2c(c1)[N-]c1ccccc1-c1ccccc1-2. The first kappa shape index (κ1) is 24.5. The van der Waals surface area contributed by atoms with Crippen LogP contribution < -0.4 is 0 Å². The van der Waals surface area contributed by atoms with Crippen molar-refractivity contribution in [3.8, 4) is 22.3 Å². The van der Waals surface area contributed by atoms with Gasteiger partial charge in [-0.2, -0.15) is 0 Å².